The topological polar surface area (TPSA) is 0 Å². The molecule has 0 nitrogen and oxygen atoms in total. The van der Waals surface area contributed by atoms with Crippen LogP contribution >= 0.6 is 0 Å². The first kappa shape index (κ1) is 15.1. The molecule has 2 atom stereocenters. The quantitative estimate of drug-likeness (QED) is 0.513. The molecule has 0 saturated heterocycles. The molecule has 2 aliphatic carbocycles. The summed E-state index contributed by atoms with van der Waals surface area (Å²) in [4.78, 5) is 0. The fourth-order valence-corrected chi connectivity index (χ4v) is 3.84. The maximum atomic E-state index is 2.45. The van der Waals surface area contributed by atoms with Crippen molar-refractivity contribution < 1.29 is 0 Å². The Hall–Kier alpha value is 0. The Morgan fingerprint density at radius 1 is 0.647 bits per heavy atom. The molecule has 0 heterocycles. The maximum absolute atomic E-state index is 2.45. The smallest absolute Gasteiger partial charge is 0.0411 e. The minimum atomic E-state index is 0. The second-order valence-electron chi connectivity index (χ2n) is 6.84. The zero-order valence-corrected chi connectivity index (χ0v) is 11.4. The van der Waals surface area contributed by atoms with Crippen LogP contribution < -0.4 is 0 Å². The molecule has 0 N–H and O–H groups in total. The summed E-state index contributed by atoms with van der Waals surface area (Å²) in [5.74, 6) is 4.21. The Morgan fingerprint density at radius 3 is 1.71 bits per heavy atom. The van der Waals surface area contributed by atoms with Crippen LogP contribution in [0.1, 0.15) is 85.5 Å². The molecule has 0 aliphatic heterocycles. The van der Waals surface area contributed by atoms with Gasteiger partial charge in [0.05, 0.1) is 0 Å². The van der Waals surface area contributed by atoms with E-state index in [-0.39, 0.29) is 7.43 Å². The van der Waals surface area contributed by atoms with Crippen LogP contribution in [0.4, 0.5) is 0 Å². The van der Waals surface area contributed by atoms with E-state index in [4.69, 9.17) is 0 Å². The lowest BCUT2D eigenvalue weighted by molar-refractivity contribution is 0.235. The summed E-state index contributed by atoms with van der Waals surface area (Å²) in [6, 6.07) is 0. The predicted molar refractivity (Wildman–Crippen MR) is 78.2 cm³/mol. The van der Waals surface area contributed by atoms with E-state index in [0.29, 0.717) is 0 Å². The highest BCUT2D eigenvalue weighted by Crippen LogP contribution is 2.37. The molecule has 2 saturated carbocycles. The number of hydrogen-bond acceptors (Lipinski definition) is 0. The monoisotopic (exact) mass is 238 g/mol. The third-order valence-corrected chi connectivity index (χ3v) is 5.18. The maximum Gasteiger partial charge on any atom is -0.0411 e. The molecule has 0 bridgehead atoms. The highest BCUT2D eigenvalue weighted by molar-refractivity contribution is 4.75. The van der Waals surface area contributed by atoms with E-state index in [1.165, 1.54) is 57.8 Å². The van der Waals surface area contributed by atoms with Gasteiger partial charge in [-0.3, -0.25) is 0 Å². The van der Waals surface area contributed by atoms with Crippen LogP contribution in [0.2, 0.25) is 0 Å². The third kappa shape index (κ3) is 5.02. The molecule has 0 amide bonds. The Kier molecular flexibility index (Phi) is 6.59. The van der Waals surface area contributed by atoms with Crippen molar-refractivity contribution in [2.24, 2.45) is 23.7 Å². The Morgan fingerprint density at radius 2 is 1.12 bits per heavy atom. The van der Waals surface area contributed by atoms with Gasteiger partial charge in [0.1, 0.15) is 0 Å². The predicted octanol–water partition coefficient (Wildman–Crippen LogP) is 6.06. The van der Waals surface area contributed by atoms with Crippen molar-refractivity contribution in [3.05, 3.63) is 0 Å². The molecular weight excluding hydrogens is 204 g/mol. The first-order chi connectivity index (χ1) is 7.74. The second kappa shape index (κ2) is 7.44. The summed E-state index contributed by atoms with van der Waals surface area (Å²) in [6.45, 7) is 4.88. The van der Waals surface area contributed by atoms with Crippen molar-refractivity contribution in [3.63, 3.8) is 0 Å². The number of hydrogen-bond donors (Lipinski definition) is 0. The van der Waals surface area contributed by atoms with Gasteiger partial charge in [0.25, 0.3) is 0 Å². The van der Waals surface area contributed by atoms with Gasteiger partial charge in [-0.15, -0.1) is 0 Å². The van der Waals surface area contributed by atoms with Gasteiger partial charge in [0, 0.05) is 0 Å². The molecule has 2 unspecified atom stereocenters. The van der Waals surface area contributed by atoms with Gasteiger partial charge in [-0.2, -0.15) is 0 Å². The van der Waals surface area contributed by atoms with E-state index in [2.05, 4.69) is 13.8 Å². The van der Waals surface area contributed by atoms with E-state index in [9.17, 15) is 0 Å². The fraction of sp³-hybridized carbons (Fsp3) is 1.00. The van der Waals surface area contributed by atoms with Gasteiger partial charge in [0.15, 0.2) is 0 Å². The van der Waals surface area contributed by atoms with Crippen LogP contribution in [0.25, 0.3) is 0 Å². The van der Waals surface area contributed by atoms with Crippen molar-refractivity contribution in [2.45, 2.75) is 85.5 Å². The van der Waals surface area contributed by atoms with Gasteiger partial charge >= 0.3 is 0 Å². The Labute approximate surface area is 110 Å². The average Bonchev–Trinajstić information content (AvgIpc) is 2.47. The third-order valence-electron chi connectivity index (χ3n) is 5.18. The molecule has 2 fully saturated rings. The molecule has 17 heavy (non-hydrogen) atoms. The van der Waals surface area contributed by atoms with Gasteiger partial charge in [-0.1, -0.05) is 79.1 Å². The first-order valence-electron chi connectivity index (χ1n) is 7.74. The lowest BCUT2D eigenvalue weighted by Crippen LogP contribution is -2.15. The molecule has 0 aromatic rings. The molecule has 0 radical (unpaired) electrons. The minimum Gasteiger partial charge on any atom is -0.0776 e. The van der Waals surface area contributed by atoms with Crippen LogP contribution in [-0.4, -0.2) is 0 Å². The van der Waals surface area contributed by atoms with Crippen LogP contribution in [0.5, 0.6) is 0 Å². The average molecular weight is 238 g/mol. The van der Waals surface area contributed by atoms with Gasteiger partial charge in [0.2, 0.25) is 0 Å². The normalized spacial score (nSPS) is 39.2. The fourth-order valence-electron chi connectivity index (χ4n) is 3.84. The number of rotatable bonds is 2. The van der Waals surface area contributed by atoms with Crippen molar-refractivity contribution in [2.75, 3.05) is 0 Å². The van der Waals surface area contributed by atoms with Crippen LogP contribution in [0, 0.1) is 23.7 Å². The van der Waals surface area contributed by atoms with Crippen LogP contribution in [-0.2, 0) is 0 Å². The van der Waals surface area contributed by atoms with E-state index in [1.807, 2.05) is 0 Å². The summed E-state index contributed by atoms with van der Waals surface area (Å²) in [7, 11) is 0. The molecule has 0 aromatic heterocycles. The van der Waals surface area contributed by atoms with E-state index >= 15 is 0 Å². The van der Waals surface area contributed by atoms with Gasteiger partial charge in [-0.25, -0.2) is 0 Å². The first-order valence-corrected chi connectivity index (χ1v) is 7.74. The standard InChI is InChI=1S/C16H30.CH4/c1-13-4-3-5-15(9-6-13)12-16-10-7-14(2)8-11-16;/h13-16H,3-12H2,1-2H3;1H4. The Balaban J connectivity index is 0.00000144. The summed E-state index contributed by atoms with van der Waals surface area (Å²) >= 11 is 0. The van der Waals surface area contributed by atoms with Gasteiger partial charge in [-0.05, 0) is 30.1 Å². The zero-order chi connectivity index (χ0) is 11.4. The van der Waals surface area contributed by atoms with Crippen LogP contribution in [0.3, 0.4) is 0 Å². The lowest BCUT2D eigenvalue weighted by Gasteiger charge is -2.29. The van der Waals surface area contributed by atoms with Crippen LogP contribution in [0.15, 0.2) is 0 Å². The van der Waals surface area contributed by atoms with Crippen molar-refractivity contribution in [3.8, 4) is 0 Å². The molecule has 0 aromatic carbocycles. The zero-order valence-electron chi connectivity index (χ0n) is 11.4. The molecular formula is C17H34. The largest absolute Gasteiger partial charge is 0.0776 e. The molecule has 0 spiro atoms. The molecule has 102 valence electrons. The summed E-state index contributed by atoms with van der Waals surface area (Å²) < 4.78 is 0. The second-order valence-corrected chi connectivity index (χ2v) is 6.84. The van der Waals surface area contributed by atoms with Crippen molar-refractivity contribution in [1.29, 1.82) is 0 Å². The summed E-state index contributed by atoms with van der Waals surface area (Å²) in [5.41, 5.74) is 0. The summed E-state index contributed by atoms with van der Waals surface area (Å²) in [5, 5.41) is 0. The van der Waals surface area contributed by atoms with E-state index in [1.54, 1.807) is 6.42 Å². The molecule has 0 heteroatoms. The van der Waals surface area contributed by atoms with E-state index < -0.39 is 0 Å². The Bertz CT molecular complexity index is 188. The highest BCUT2D eigenvalue weighted by atomic mass is 14.3. The summed E-state index contributed by atoms with van der Waals surface area (Å²) in [6.07, 6.45) is 15.2. The van der Waals surface area contributed by atoms with Crippen molar-refractivity contribution in [1.82, 2.24) is 0 Å². The molecule has 2 aliphatic rings. The highest BCUT2D eigenvalue weighted by Gasteiger charge is 2.23. The van der Waals surface area contributed by atoms with Crippen molar-refractivity contribution >= 4 is 0 Å². The van der Waals surface area contributed by atoms with Gasteiger partial charge < -0.3 is 0 Å². The molecule has 2 rings (SSSR count). The lowest BCUT2D eigenvalue weighted by atomic mass is 9.77. The minimum absolute atomic E-state index is 0. The SMILES string of the molecule is C.CC1CCCC(CC2CCC(C)CC2)CC1. The van der Waals surface area contributed by atoms with E-state index in [0.717, 1.165) is 23.7 Å².